The number of hydrogen-bond acceptors (Lipinski definition) is 3. The van der Waals surface area contributed by atoms with E-state index in [0.29, 0.717) is 23.9 Å². The summed E-state index contributed by atoms with van der Waals surface area (Å²) in [5.41, 5.74) is 3.51. The standard InChI is InChI=1S/C20H20N2O2/c1-14-8-6-7-11-17(14)20-22-18(15(2)24-20)19(23)21-13-12-16-9-4-3-5-10-16/h3-11H,12-13H2,1-2H3,(H,21,23). The molecular formula is C20H20N2O2. The van der Waals surface area contributed by atoms with E-state index in [2.05, 4.69) is 10.3 Å². The lowest BCUT2D eigenvalue weighted by molar-refractivity contribution is 0.0948. The highest BCUT2D eigenvalue weighted by Crippen LogP contribution is 2.24. The zero-order chi connectivity index (χ0) is 16.9. The van der Waals surface area contributed by atoms with E-state index >= 15 is 0 Å². The lowest BCUT2D eigenvalue weighted by atomic mass is 10.1. The highest BCUT2D eigenvalue weighted by Gasteiger charge is 2.18. The lowest BCUT2D eigenvalue weighted by Gasteiger charge is -2.03. The van der Waals surface area contributed by atoms with Crippen LogP contribution in [-0.4, -0.2) is 17.4 Å². The molecule has 1 N–H and O–H groups in total. The third kappa shape index (κ3) is 3.54. The van der Waals surface area contributed by atoms with Crippen molar-refractivity contribution in [2.75, 3.05) is 6.54 Å². The largest absolute Gasteiger partial charge is 0.441 e. The molecule has 0 bridgehead atoms. The van der Waals surface area contributed by atoms with Gasteiger partial charge in [-0.25, -0.2) is 4.98 Å². The first-order chi connectivity index (χ1) is 11.6. The van der Waals surface area contributed by atoms with Gasteiger partial charge in [-0.2, -0.15) is 0 Å². The topological polar surface area (TPSA) is 55.1 Å². The van der Waals surface area contributed by atoms with Gasteiger partial charge in [0.2, 0.25) is 5.89 Å². The summed E-state index contributed by atoms with van der Waals surface area (Å²) in [7, 11) is 0. The van der Waals surface area contributed by atoms with E-state index in [1.807, 2.05) is 61.5 Å². The van der Waals surface area contributed by atoms with E-state index in [1.165, 1.54) is 5.56 Å². The number of carbonyl (C=O) groups excluding carboxylic acids is 1. The quantitative estimate of drug-likeness (QED) is 0.775. The molecule has 0 fully saturated rings. The minimum Gasteiger partial charge on any atom is -0.441 e. The maximum Gasteiger partial charge on any atom is 0.273 e. The molecular weight excluding hydrogens is 300 g/mol. The number of benzene rings is 2. The van der Waals surface area contributed by atoms with Gasteiger partial charge in [0.1, 0.15) is 5.76 Å². The number of aromatic nitrogens is 1. The van der Waals surface area contributed by atoms with Crippen LogP contribution in [0.1, 0.15) is 27.4 Å². The van der Waals surface area contributed by atoms with E-state index in [-0.39, 0.29) is 5.91 Å². The molecule has 1 heterocycles. The number of nitrogens with one attached hydrogen (secondary N) is 1. The second-order valence-electron chi connectivity index (χ2n) is 5.73. The summed E-state index contributed by atoms with van der Waals surface area (Å²) >= 11 is 0. The molecule has 4 heteroatoms. The molecule has 2 aromatic carbocycles. The lowest BCUT2D eigenvalue weighted by Crippen LogP contribution is -2.26. The van der Waals surface area contributed by atoms with Crippen LogP contribution in [0.25, 0.3) is 11.5 Å². The third-order valence-electron chi connectivity index (χ3n) is 3.93. The first-order valence-electron chi connectivity index (χ1n) is 8.00. The SMILES string of the molecule is Cc1ccccc1-c1nc(C(=O)NCCc2ccccc2)c(C)o1. The maximum absolute atomic E-state index is 12.4. The molecule has 1 amide bonds. The van der Waals surface area contributed by atoms with Crippen molar-refractivity contribution in [3.05, 3.63) is 77.2 Å². The Morgan fingerprint density at radius 1 is 1.04 bits per heavy atom. The molecule has 0 atom stereocenters. The second-order valence-corrected chi connectivity index (χ2v) is 5.73. The number of nitrogens with zero attached hydrogens (tertiary/aromatic N) is 1. The summed E-state index contributed by atoms with van der Waals surface area (Å²) in [5.74, 6) is 0.816. The predicted octanol–water partition coefficient (Wildman–Crippen LogP) is 3.93. The van der Waals surface area contributed by atoms with Crippen molar-refractivity contribution in [1.29, 1.82) is 0 Å². The number of carbonyl (C=O) groups is 1. The van der Waals surface area contributed by atoms with Gasteiger partial charge in [0, 0.05) is 12.1 Å². The van der Waals surface area contributed by atoms with Crippen LogP contribution in [0.4, 0.5) is 0 Å². The van der Waals surface area contributed by atoms with Crippen LogP contribution in [0.2, 0.25) is 0 Å². The zero-order valence-electron chi connectivity index (χ0n) is 13.9. The molecule has 4 nitrogen and oxygen atoms in total. The van der Waals surface area contributed by atoms with Crippen molar-refractivity contribution in [2.24, 2.45) is 0 Å². The van der Waals surface area contributed by atoms with E-state index in [0.717, 1.165) is 17.5 Å². The van der Waals surface area contributed by atoms with Crippen molar-refractivity contribution >= 4 is 5.91 Å². The van der Waals surface area contributed by atoms with Gasteiger partial charge in [0.25, 0.3) is 5.91 Å². The number of aryl methyl sites for hydroxylation is 2. The van der Waals surface area contributed by atoms with Gasteiger partial charge in [-0.05, 0) is 37.5 Å². The summed E-state index contributed by atoms with van der Waals surface area (Å²) in [6.07, 6.45) is 0.786. The fourth-order valence-electron chi connectivity index (χ4n) is 2.58. The van der Waals surface area contributed by atoms with Crippen LogP contribution in [0.15, 0.2) is 59.0 Å². The summed E-state index contributed by atoms with van der Waals surface area (Å²) < 4.78 is 5.70. The fraction of sp³-hybridized carbons (Fsp3) is 0.200. The molecule has 0 aliphatic carbocycles. The smallest absolute Gasteiger partial charge is 0.273 e. The van der Waals surface area contributed by atoms with E-state index < -0.39 is 0 Å². The van der Waals surface area contributed by atoms with Gasteiger partial charge in [-0.15, -0.1) is 0 Å². The molecule has 0 unspecified atom stereocenters. The summed E-state index contributed by atoms with van der Waals surface area (Å²) in [4.78, 5) is 16.7. The van der Waals surface area contributed by atoms with Gasteiger partial charge in [0.05, 0.1) is 0 Å². The number of rotatable bonds is 5. The summed E-state index contributed by atoms with van der Waals surface area (Å²) in [5, 5.41) is 2.91. The normalized spacial score (nSPS) is 10.6. The maximum atomic E-state index is 12.4. The number of amides is 1. The molecule has 122 valence electrons. The van der Waals surface area contributed by atoms with Crippen molar-refractivity contribution in [2.45, 2.75) is 20.3 Å². The Morgan fingerprint density at radius 3 is 2.50 bits per heavy atom. The Hall–Kier alpha value is -2.88. The molecule has 0 spiro atoms. The van der Waals surface area contributed by atoms with Crippen molar-refractivity contribution in [3.63, 3.8) is 0 Å². The highest BCUT2D eigenvalue weighted by molar-refractivity contribution is 5.93. The van der Waals surface area contributed by atoms with Crippen molar-refractivity contribution in [1.82, 2.24) is 10.3 Å². The Balaban J connectivity index is 1.68. The molecule has 1 aromatic heterocycles. The Bertz CT molecular complexity index is 838. The summed E-state index contributed by atoms with van der Waals surface area (Å²) in [6, 6.07) is 17.9. The first-order valence-corrected chi connectivity index (χ1v) is 8.00. The molecule has 0 aliphatic heterocycles. The van der Waals surface area contributed by atoms with Crippen LogP contribution in [0.5, 0.6) is 0 Å². The Labute approximate surface area is 141 Å². The van der Waals surface area contributed by atoms with Gasteiger partial charge in [-0.1, -0.05) is 48.5 Å². The summed E-state index contributed by atoms with van der Waals surface area (Å²) in [6.45, 7) is 4.32. The number of hydrogen-bond donors (Lipinski definition) is 1. The van der Waals surface area contributed by atoms with Crippen molar-refractivity contribution < 1.29 is 9.21 Å². The van der Waals surface area contributed by atoms with Crippen LogP contribution in [-0.2, 0) is 6.42 Å². The average molecular weight is 320 g/mol. The monoisotopic (exact) mass is 320 g/mol. The zero-order valence-corrected chi connectivity index (χ0v) is 13.9. The van der Waals surface area contributed by atoms with Crippen LogP contribution in [0.3, 0.4) is 0 Å². The van der Waals surface area contributed by atoms with Crippen LogP contribution >= 0.6 is 0 Å². The van der Waals surface area contributed by atoms with Gasteiger partial charge in [-0.3, -0.25) is 4.79 Å². The molecule has 0 aliphatic rings. The predicted molar refractivity (Wildman–Crippen MR) is 93.9 cm³/mol. The minimum atomic E-state index is -0.202. The second kappa shape index (κ2) is 7.13. The highest BCUT2D eigenvalue weighted by atomic mass is 16.4. The minimum absolute atomic E-state index is 0.202. The molecule has 0 radical (unpaired) electrons. The molecule has 24 heavy (non-hydrogen) atoms. The first kappa shape index (κ1) is 16.0. The molecule has 3 aromatic rings. The fourth-order valence-corrected chi connectivity index (χ4v) is 2.58. The van der Waals surface area contributed by atoms with Crippen LogP contribution < -0.4 is 5.32 Å². The van der Waals surface area contributed by atoms with E-state index in [4.69, 9.17) is 4.42 Å². The Kier molecular flexibility index (Phi) is 4.75. The van der Waals surface area contributed by atoms with Gasteiger partial charge in [0.15, 0.2) is 5.69 Å². The average Bonchev–Trinajstić information content (AvgIpc) is 2.98. The third-order valence-corrected chi connectivity index (χ3v) is 3.93. The van der Waals surface area contributed by atoms with Gasteiger partial charge < -0.3 is 9.73 Å². The van der Waals surface area contributed by atoms with Crippen LogP contribution in [0, 0.1) is 13.8 Å². The van der Waals surface area contributed by atoms with E-state index in [1.54, 1.807) is 6.92 Å². The molecule has 0 saturated carbocycles. The van der Waals surface area contributed by atoms with Crippen molar-refractivity contribution in [3.8, 4) is 11.5 Å². The molecule has 3 rings (SSSR count). The van der Waals surface area contributed by atoms with E-state index in [9.17, 15) is 4.79 Å². The Morgan fingerprint density at radius 2 is 1.75 bits per heavy atom. The van der Waals surface area contributed by atoms with Gasteiger partial charge >= 0.3 is 0 Å². The molecule has 0 saturated heterocycles. The number of oxazole rings is 1.